The third kappa shape index (κ3) is 1.74. The van der Waals surface area contributed by atoms with E-state index in [-0.39, 0.29) is 5.41 Å². The molecule has 1 aromatic carbocycles. The van der Waals surface area contributed by atoms with Gasteiger partial charge < -0.3 is 10.8 Å². The summed E-state index contributed by atoms with van der Waals surface area (Å²) >= 11 is 1.57. The van der Waals surface area contributed by atoms with Gasteiger partial charge in [-0.1, -0.05) is 12.5 Å². The smallest absolute Gasteiger partial charge is 0.129 e. The largest absolute Gasteiger partial charge is 0.507 e. The number of hydrogen-bond acceptors (Lipinski definition) is 3. The van der Waals surface area contributed by atoms with Gasteiger partial charge in [-0.2, -0.15) is 0 Å². The zero-order chi connectivity index (χ0) is 10.9. The molecule has 0 radical (unpaired) electrons. The Hall–Kier alpha value is -0.670. The zero-order valence-electron chi connectivity index (χ0n) is 8.99. The van der Waals surface area contributed by atoms with Gasteiger partial charge in [-0.05, 0) is 36.8 Å². The van der Waals surface area contributed by atoms with Crippen LogP contribution in [-0.4, -0.2) is 17.9 Å². The first-order valence-corrected chi connectivity index (χ1v) is 6.52. The van der Waals surface area contributed by atoms with Crippen molar-refractivity contribution < 1.29 is 5.11 Å². The van der Waals surface area contributed by atoms with Crippen molar-refractivity contribution in [1.29, 1.82) is 0 Å². The highest BCUT2D eigenvalue weighted by molar-refractivity contribution is 7.98. The number of phenols is 1. The van der Waals surface area contributed by atoms with Gasteiger partial charge in [0.1, 0.15) is 5.75 Å². The molecule has 0 amide bonds. The minimum absolute atomic E-state index is 0.147. The normalized spacial score (nSPS) is 18.5. The molecule has 2 nitrogen and oxygen atoms in total. The summed E-state index contributed by atoms with van der Waals surface area (Å²) in [4.78, 5) is 0.935. The molecule has 0 atom stereocenters. The van der Waals surface area contributed by atoms with Crippen LogP contribution in [0, 0.1) is 0 Å². The Morgan fingerprint density at radius 2 is 2.20 bits per heavy atom. The van der Waals surface area contributed by atoms with Crippen molar-refractivity contribution in [3.8, 4) is 5.75 Å². The van der Waals surface area contributed by atoms with Crippen LogP contribution in [0.3, 0.4) is 0 Å². The van der Waals surface area contributed by atoms with E-state index in [1.54, 1.807) is 11.8 Å². The van der Waals surface area contributed by atoms with E-state index in [9.17, 15) is 5.11 Å². The summed E-state index contributed by atoms with van der Waals surface area (Å²) in [5.74, 6) is 0.389. The lowest BCUT2D eigenvalue weighted by Crippen LogP contribution is -2.41. The second kappa shape index (κ2) is 4.06. The SMILES string of the molecule is CSc1ccc(C2(CN)CCC2)cc1O. The fraction of sp³-hybridized carbons (Fsp3) is 0.500. The molecular weight excluding hydrogens is 206 g/mol. The zero-order valence-corrected chi connectivity index (χ0v) is 9.81. The minimum atomic E-state index is 0.147. The molecule has 1 saturated carbocycles. The summed E-state index contributed by atoms with van der Waals surface area (Å²) in [6, 6.07) is 5.99. The van der Waals surface area contributed by atoms with Crippen LogP contribution in [0.25, 0.3) is 0 Å². The average Bonchev–Trinajstić information content (AvgIpc) is 2.17. The second-order valence-corrected chi connectivity index (χ2v) is 5.07. The standard InChI is InChI=1S/C12H17NOS/c1-15-11-4-3-9(7-10(11)14)12(8-13)5-2-6-12/h3-4,7,14H,2,5-6,8,13H2,1H3. The molecule has 1 aromatic rings. The first-order chi connectivity index (χ1) is 7.22. The average molecular weight is 223 g/mol. The van der Waals surface area contributed by atoms with Crippen molar-refractivity contribution in [3.63, 3.8) is 0 Å². The molecule has 0 bridgehead atoms. The fourth-order valence-corrected chi connectivity index (χ4v) is 2.71. The summed E-state index contributed by atoms with van der Waals surface area (Å²) in [5, 5.41) is 9.81. The van der Waals surface area contributed by atoms with Crippen LogP contribution < -0.4 is 5.73 Å². The van der Waals surface area contributed by atoms with E-state index < -0.39 is 0 Å². The predicted molar refractivity (Wildman–Crippen MR) is 64.5 cm³/mol. The second-order valence-electron chi connectivity index (χ2n) is 4.22. The molecule has 0 saturated heterocycles. The highest BCUT2D eigenvalue weighted by Gasteiger charge is 2.37. The van der Waals surface area contributed by atoms with Gasteiger partial charge >= 0.3 is 0 Å². The number of aromatic hydroxyl groups is 1. The van der Waals surface area contributed by atoms with E-state index in [4.69, 9.17) is 5.73 Å². The predicted octanol–water partition coefficient (Wildman–Crippen LogP) is 2.49. The van der Waals surface area contributed by atoms with Gasteiger partial charge in [0.25, 0.3) is 0 Å². The topological polar surface area (TPSA) is 46.2 Å². The van der Waals surface area contributed by atoms with Gasteiger partial charge in [0.15, 0.2) is 0 Å². The number of rotatable bonds is 3. The van der Waals surface area contributed by atoms with Crippen LogP contribution in [0.15, 0.2) is 23.1 Å². The number of thioether (sulfide) groups is 1. The first kappa shape index (κ1) is 10.8. The van der Waals surface area contributed by atoms with Gasteiger partial charge in [-0.15, -0.1) is 11.8 Å². The monoisotopic (exact) mass is 223 g/mol. The Morgan fingerprint density at radius 3 is 2.60 bits per heavy atom. The Bertz CT molecular complexity index is 355. The molecule has 3 N–H and O–H groups in total. The van der Waals surface area contributed by atoms with Crippen LogP contribution in [0.2, 0.25) is 0 Å². The molecule has 1 fully saturated rings. The molecule has 2 rings (SSSR count). The summed E-state index contributed by atoms with van der Waals surface area (Å²) in [6.07, 6.45) is 5.53. The van der Waals surface area contributed by atoms with Crippen molar-refractivity contribution in [2.24, 2.45) is 5.73 Å². The van der Waals surface area contributed by atoms with Crippen molar-refractivity contribution in [2.75, 3.05) is 12.8 Å². The summed E-state index contributed by atoms with van der Waals surface area (Å²) in [6.45, 7) is 0.686. The summed E-state index contributed by atoms with van der Waals surface area (Å²) in [7, 11) is 0. The van der Waals surface area contributed by atoms with Crippen LogP contribution in [0.5, 0.6) is 5.75 Å². The van der Waals surface area contributed by atoms with E-state index in [1.165, 1.54) is 12.0 Å². The lowest BCUT2D eigenvalue weighted by Gasteiger charge is -2.41. The Labute approximate surface area is 94.9 Å². The van der Waals surface area contributed by atoms with E-state index in [2.05, 4.69) is 6.07 Å². The molecule has 15 heavy (non-hydrogen) atoms. The molecule has 0 unspecified atom stereocenters. The molecule has 3 heteroatoms. The third-order valence-electron chi connectivity index (χ3n) is 3.49. The highest BCUT2D eigenvalue weighted by atomic mass is 32.2. The number of phenolic OH excluding ortho intramolecular Hbond substituents is 1. The molecule has 1 aliphatic carbocycles. The highest BCUT2D eigenvalue weighted by Crippen LogP contribution is 2.44. The fourth-order valence-electron chi connectivity index (χ4n) is 2.23. The Balaban J connectivity index is 2.33. The van der Waals surface area contributed by atoms with Gasteiger partial charge in [0.05, 0.1) is 0 Å². The lowest BCUT2D eigenvalue weighted by atomic mass is 9.64. The van der Waals surface area contributed by atoms with Crippen molar-refractivity contribution in [1.82, 2.24) is 0 Å². The van der Waals surface area contributed by atoms with Crippen LogP contribution in [0.1, 0.15) is 24.8 Å². The van der Waals surface area contributed by atoms with Gasteiger partial charge in [-0.3, -0.25) is 0 Å². The van der Waals surface area contributed by atoms with Gasteiger partial charge in [0.2, 0.25) is 0 Å². The van der Waals surface area contributed by atoms with E-state index >= 15 is 0 Å². The number of benzene rings is 1. The minimum Gasteiger partial charge on any atom is -0.507 e. The quantitative estimate of drug-likeness (QED) is 0.774. The van der Waals surface area contributed by atoms with E-state index in [1.807, 2.05) is 18.4 Å². The summed E-state index contributed by atoms with van der Waals surface area (Å²) in [5.41, 5.74) is 7.18. The molecule has 1 aliphatic rings. The number of hydrogen-bond donors (Lipinski definition) is 2. The van der Waals surface area contributed by atoms with E-state index in [0.29, 0.717) is 12.3 Å². The van der Waals surface area contributed by atoms with Crippen molar-refractivity contribution in [3.05, 3.63) is 23.8 Å². The molecule has 82 valence electrons. The van der Waals surface area contributed by atoms with Gasteiger partial charge in [-0.25, -0.2) is 0 Å². The maximum absolute atomic E-state index is 9.81. The molecular formula is C12H17NOS. The molecule has 0 spiro atoms. The number of nitrogens with two attached hydrogens (primary N) is 1. The van der Waals surface area contributed by atoms with E-state index in [0.717, 1.165) is 17.7 Å². The Morgan fingerprint density at radius 1 is 1.47 bits per heavy atom. The molecule has 0 aromatic heterocycles. The van der Waals surface area contributed by atoms with Crippen LogP contribution in [0.4, 0.5) is 0 Å². The molecule has 0 aliphatic heterocycles. The van der Waals surface area contributed by atoms with Crippen molar-refractivity contribution in [2.45, 2.75) is 29.6 Å². The van der Waals surface area contributed by atoms with Crippen LogP contribution >= 0.6 is 11.8 Å². The lowest BCUT2D eigenvalue weighted by molar-refractivity contribution is 0.252. The third-order valence-corrected chi connectivity index (χ3v) is 4.28. The Kier molecular flexibility index (Phi) is 2.94. The van der Waals surface area contributed by atoms with Gasteiger partial charge in [0, 0.05) is 16.9 Å². The first-order valence-electron chi connectivity index (χ1n) is 5.29. The maximum atomic E-state index is 9.81. The summed E-state index contributed by atoms with van der Waals surface area (Å²) < 4.78 is 0. The molecule has 0 heterocycles. The van der Waals surface area contributed by atoms with Crippen molar-refractivity contribution >= 4 is 11.8 Å². The maximum Gasteiger partial charge on any atom is 0.129 e. The van der Waals surface area contributed by atoms with Crippen LogP contribution in [-0.2, 0) is 5.41 Å².